The van der Waals surface area contributed by atoms with E-state index in [0.29, 0.717) is 6.04 Å². The molecule has 2 nitrogen and oxygen atoms in total. The molecular weight excluding hydrogens is 172 g/mol. The standard InChI is InChI=1S/C12H24N2/c1-4-5-6-9-14(3)11(2)10-13-12-7-8-12/h4,11-13H,1,5-10H2,2-3H3. The molecule has 0 bridgehead atoms. The number of likely N-dealkylation sites (N-methyl/N-ethyl adjacent to an activating group) is 1. The Hall–Kier alpha value is -0.340. The summed E-state index contributed by atoms with van der Waals surface area (Å²) in [5.74, 6) is 0. The number of hydrogen-bond acceptors (Lipinski definition) is 2. The summed E-state index contributed by atoms with van der Waals surface area (Å²) in [6, 6.07) is 1.49. The molecule has 0 aliphatic heterocycles. The molecule has 1 aliphatic carbocycles. The van der Waals surface area contributed by atoms with E-state index in [1.165, 1.54) is 25.8 Å². The van der Waals surface area contributed by atoms with Gasteiger partial charge in [0.25, 0.3) is 0 Å². The number of nitrogens with one attached hydrogen (secondary N) is 1. The number of hydrogen-bond donors (Lipinski definition) is 1. The lowest BCUT2D eigenvalue weighted by Gasteiger charge is -2.24. The Kier molecular flexibility index (Phi) is 5.20. The first-order valence-electron chi connectivity index (χ1n) is 5.78. The van der Waals surface area contributed by atoms with Crippen LogP contribution in [0.5, 0.6) is 0 Å². The lowest BCUT2D eigenvalue weighted by Crippen LogP contribution is -2.39. The fraction of sp³-hybridized carbons (Fsp3) is 0.833. The van der Waals surface area contributed by atoms with Crippen molar-refractivity contribution >= 4 is 0 Å². The monoisotopic (exact) mass is 196 g/mol. The molecule has 2 heteroatoms. The zero-order valence-corrected chi connectivity index (χ0v) is 9.63. The van der Waals surface area contributed by atoms with Crippen LogP contribution < -0.4 is 5.32 Å². The van der Waals surface area contributed by atoms with Crippen LogP contribution >= 0.6 is 0 Å². The summed E-state index contributed by atoms with van der Waals surface area (Å²) in [6.45, 7) is 8.35. The van der Waals surface area contributed by atoms with E-state index in [2.05, 4.69) is 30.8 Å². The largest absolute Gasteiger partial charge is 0.312 e. The molecule has 1 saturated carbocycles. The van der Waals surface area contributed by atoms with Crippen LogP contribution in [-0.4, -0.2) is 37.1 Å². The van der Waals surface area contributed by atoms with Gasteiger partial charge in [-0.3, -0.25) is 0 Å². The van der Waals surface area contributed by atoms with E-state index in [1.807, 2.05) is 6.08 Å². The third-order valence-electron chi connectivity index (χ3n) is 2.95. The summed E-state index contributed by atoms with van der Waals surface area (Å²) in [5.41, 5.74) is 0. The van der Waals surface area contributed by atoms with Crippen LogP contribution in [-0.2, 0) is 0 Å². The first-order chi connectivity index (χ1) is 6.74. The molecule has 82 valence electrons. The maximum Gasteiger partial charge on any atom is 0.0189 e. The van der Waals surface area contributed by atoms with Crippen molar-refractivity contribution in [3.8, 4) is 0 Å². The van der Waals surface area contributed by atoms with Crippen LogP contribution in [0.3, 0.4) is 0 Å². The van der Waals surface area contributed by atoms with Gasteiger partial charge in [-0.1, -0.05) is 6.08 Å². The highest BCUT2D eigenvalue weighted by Gasteiger charge is 2.21. The third-order valence-corrected chi connectivity index (χ3v) is 2.95. The molecule has 1 unspecified atom stereocenters. The SMILES string of the molecule is C=CCCCN(C)C(C)CNC1CC1. The highest BCUT2D eigenvalue weighted by atomic mass is 15.1. The first-order valence-corrected chi connectivity index (χ1v) is 5.78. The average Bonchev–Trinajstić information content (AvgIpc) is 2.98. The molecule has 0 amide bonds. The number of allylic oxidation sites excluding steroid dienone is 1. The van der Waals surface area contributed by atoms with Crippen LogP contribution in [0.25, 0.3) is 0 Å². The first kappa shape index (κ1) is 11.7. The van der Waals surface area contributed by atoms with Gasteiger partial charge in [0.1, 0.15) is 0 Å². The molecule has 0 aromatic carbocycles. The zero-order chi connectivity index (χ0) is 10.4. The highest BCUT2D eigenvalue weighted by Crippen LogP contribution is 2.18. The minimum atomic E-state index is 0.653. The van der Waals surface area contributed by atoms with E-state index >= 15 is 0 Å². The lowest BCUT2D eigenvalue weighted by atomic mass is 10.2. The Labute approximate surface area is 88.4 Å². The summed E-state index contributed by atoms with van der Waals surface area (Å²) in [6.07, 6.45) is 7.13. The second-order valence-electron chi connectivity index (χ2n) is 4.44. The van der Waals surface area contributed by atoms with Crippen LogP contribution in [0, 0.1) is 0 Å². The average molecular weight is 196 g/mol. The number of unbranched alkanes of at least 4 members (excludes halogenated alkanes) is 1. The number of nitrogens with zero attached hydrogens (tertiary/aromatic N) is 1. The molecule has 0 saturated heterocycles. The van der Waals surface area contributed by atoms with Crippen LogP contribution in [0.4, 0.5) is 0 Å². The van der Waals surface area contributed by atoms with E-state index in [9.17, 15) is 0 Å². The van der Waals surface area contributed by atoms with Crippen LogP contribution in [0.2, 0.25) is 0 Å². The van der Waals surface area contributed by atoms with Gasteiger partial charge in [0, 0.05) is 18.6 Å². The highest BCUT2D eigenvalue weighted by molar-refractivity contribution is 4.82. The molecule has 0 heterocycles. The second kappa shape index (κ2) is 6.20. The van der Waals surface area contributed by atoms with Gasteiger partial charge in [0.2, 0.25) is 0 Å². The fourth-order valence-electron chi connectivity index (χ4n) is 1.49. The van der Waals surface area contributed by atoms with Crippen molar-refractivity contribution in [2.45, 2.75) is 44.7 Å². The van der Waals surface area contributed by atoms with Crippen molar-refractivity contribution in [3.63, 3.8) is 0 Å². The van der Waals surface area contributed by atoms with E-state index in [4.69, 9.17) is 0 Å². The molecule has 0 radical (unpaired) electrons. The Morgan fingerprint density at radius 1 is 1.57 bits per heavy atom. The van der Waals surface area contributed by atoms with Crippen LogP contribution in [0.1, 0.15) is 32.6 Å². The maximum atomic E-state index is 3.74. The molecule has 0 aromatic rings. The van der Waals surface area contributed by atoms with Gasteiger partial charge in [-0.25, -0.2) is 0 Å². The normalized spacial score (nSPS) is 18.5. The van der Waals surface area contributed by atoms with Crippen LogP contribution in [0.15, 0.2) is 12.7 Å². The van der Waals surface area contributed by atoms with E-state index < -0.39 is 0 Å². The van der Waals surface area contributed by atoms with Gasteiger partial charge in [-0.15, -0.1) is 6.58 Å². The fourth-order valence-corrected chi connectivity index (χ4v) is 1.49. The molecule has 1 rings (SSSR count). The Balaban J connectivity index is 2.01. The van der Waals surface area contributed by atoms with Gasteiger partial charge in [0.05, 0.1) is 0 Å². The van der Waals surface area contributed by atoms with Gasteiger partial charge in [-0.2, -0.15) is 0 Å². The molecule has 1 aliphatic rings. The van der Waals surface area contributed by atoms with E-state index in [1.54, 1.807) is 0 Å². The van der Waals surface area contributed by atoms with Gasteiger partial charge >= 0.3 is 0 Å². The predicted molar refractivity (Wildman–Crippen MR) is 62.5 cm³/mol. The molecule has 1 atom stereocenters. The third kappa shape index (κ3) is 4.77. The van der Waals surface area contributed by atoms with Crippen molar-refractivity contribution in [1.29, 1.82) is 0 Å². The molecule has 14 heavy (non-hydrogen) atoms. The molecular formula is C12H24N2. The quantitative estimate of drug-likeness (QED) is 0.472. The van der Waals surface area contributed by atoms with Gasteiger partial charge < -0.3 is 10.2 Å². The second-order valence-corrected chi connectivity index (χ2v) is 4.44. The number of rotatable bonds is 8. The van der Waals surface area contributed by atoms with Gasteiger partial charge in [0.15, 0.2) is 0 Å². The van der Waals surface area contributed by atoms with E-state index in [-0.39, 0.29) is 0 Å². The summed E-state index contributed by atoms with van der Waals surface area (Å²) in [7, 11) is 2.21. The van der Waals surface area contributed by atoms with Crippen molar-refractivity contribution in [2.24, 2.45) is 0 Å². The molecule has 1 fully saturated rings. The van der Waals surface area contributed by atoms with Crippen molar-refractivity contribution in [1.82, 2.24) is 10.2 Å². The summed E-state index contributed by atoms with van der Waals surface area (Å²) >= 11 is 0. The Morgan fingerprint density at radius 3 is 2.86 bits per heavy atom. The topological polar surface area (TPSA) is 15.3 Å². The van der Waals surface area contributed by atoms with Crippen molar-refractivity contribution < 1.29 is 0 Å². The molecule has 0 spiro atoms. The summed E-state index contributed by atoms with van der Waals surface area (Å²) in [4.78, 5) is 2.43. The lowest BCUT2D eigenvalue weighted by molar-refractivity contribution is 0.248. The summed E-state index contributed by atoms with van der Waals surface area (Å²) in [5, 5.41) is 3.57. The minimum Gasteiger partial charge on any atom is -0.312 e. The summed E-state index contributed by atoms with van der Waals surface area (Å²) < 4.78 is 0. The Bertz CT molecular complexity index is 164. The molecule has 0 aromatic heterocycles. The van der Waals surface area contributed by atoms with E-state index in [0.717, 1.165) is 19.0 Å². The minimum absolute atomic E-state index is 0.653. The van der Waals surface area contributed by atoms with Crippen molar-refractivity contribution in [2.75, 3.05) is 20.1 Å². The van der Waals surface area contributed by atoms with Gasteiger partial charge in [-0.05, 0) is 46.2 Å². The Morgan fingerprint density at radius 2 is 2.29 bits per heavy atom. The predicted octanol–water partition coefficient (Wildman–Crippen LogP) is 2.02. The smallest absolute Gasteiger partial charge is 0.0189 e. The maximum absolute atomic E-state index is 3.74. The molecule has 1 N–H and O–H groups in total. The zero-order valence-electron chi connectivity index (χ0n) is 9.63. The van der Waals surface area contributed by atoms with Crippen molar-refractivity contribution in [3.05, 3.63) is 12.7 Å².